The molecule has 1 aromatic carbocycles. The van der Waals surface area contributed by atoms with E-state index in [0.717, 1.165) is 43.2 Å². The van der Waals surface area contributed by atoms with Crippen molar-refractivity contribution in [2.24, 2.45) is 5.92 Å². The van der Waals surface area contributed by atoms with Crippen LogP contribution in [0, 0.1) is 5.92 Å². The third kappa shape index (κ3) is 2.95. The Morgan fingerprint density at radius 1 is 1.14 bits per heavy atom. The Hall–Kier alpha value is -1.81. The lowest BCUT2D eigenvalue weighted by molar-refractivity contribution is 0.437. The van der Waals surface area contributed by atoms with E-state index in [1.165, 1.54) is 0 Å². The van der Waals surface area contributed by atoms with Crippen molar-refractivity contribution in [3.8, 4) is 11.4 Å². The number of nitrogens with two attached hydrogens (primary N) is 1. The Morgan fingerprint density at radius 2 is 1.81 bits per heavy atom. The van der Waals surface area contributed by atoms with Gasteiger partial charge in [-0.1, -0.05) is 48.9 Å². The molecule has 21 heavy (non-hydrogen) atoms. The van der Waals surface area contributed by atoms with Crippen LogP contribution >= 0.6 is 11.6 Å². The van der Waals surface area contributed by atoms with Gasteiger partial charge in [0, 0.05) is 18.7 Å². The van der Waals surface area contributed by atoms with E-state index in [4.69, 9.17) is 17.3 Å². The SMILES string of the molecule is CC1CCN(c2nc(-c3ccccc3)nc(Cl)c2N)CC1. The molecule has 0 spiro atoms. The molecule has 1 aliphatic heterocycles. The number of nitrogen functional groups attached to an aromatic ring is 1. The van der Waals surface area contributed by atoms with E-state index in [-0.39, 0.29) is 0 Å². The molecule has 0 bridgehead atoms. The standard InChI is InChI=1S/C16H19ClN4/c1-11-7-9-21(10-8-11)16-13(18)14(17)19-15(20-16)12-5-3-2-4-6-12/h2-6,11H,7-10,18H2,1H3. The maximum Gasteiger partial charge on any atom is 0.163 e. The average Bonchev–Trinajstić information content (AvgIpc) is 2.52. The molecule has 1 aromatic heterocycles. The van der Waals surface area contributed by atoms with Gasteiger partial charge < -0.3 is 10.6 Å². The summed E-state index contributed by atoms with van der Waals surface area (Å²) in [6, 6.07) is 9.85. The summed E-state index contributed by atoms with van der Waals surface area (Å²) in [6.07, 6.45) is 2.31. The molecule has 110 valence electrons. The molecule has 1 aliphatic rings. The molecule has 1 saturated heterocycles. The smallest absolute Gasteiger partial charge is 0.163 e. The number of aromatic nitrogens is 2. The van der Waals surface area contributed by atoms with Gasteiger partial charge in [0.1, 0.15) is 5.69 Å². The minimum atomic E-state index is 0.331. The van der Waals surface area contributed by atoms with Crippen LogP contribution in [0.4, 0.5) is 11.5 Å². The summed E-state index contributed by atoms with van der Waals surface area (Å²) in [6.45, 7) is 4.21. The molecule has 0 aliphatic carbocycles. The van der Waals surface area contributed by atoms with Crippen LogP contribution < -0.4 is 10.6 Å². The van der Waals surface area contributed by atoms with Crippen molar-refractivity contribution < 1.29 is 0 Å². The minimum absolute atomic E-state index is 0.331. The highest BCUT2D eigenvalue weighted by atomic mass is 35.5. The van der Waals surface area contributed by atoms with E-state index >= 15 is 0 Å². The first-order chi connectivity index (χ1) is 10.1. The number of rotatable bonds is 2. The van der Waals surface area contributed by atoms with Gasteiger partial charge in [0.05, 0.1) is 0 Å². The third-order valence-corrected chi connectivity index (χ3v) is 4.28. The van der Waals surface area contributed by atoms with Gasteiger partial charge in [-0.05, 0) is 18.8 Å². The fourth-order valence-corrected chi connectivity index (χ4v) is 2.77. The van der Waals surface area contributed by atoms with Crippen LogP contribution in [-0.2, 0) is 0 Å². The first kappa shape index (κ1) is 14.1. The summed E-state index contributed by atoms with van der Waals surface area (Å²) < 4.78 is 0. The normalized spacial score (nSPS) is 16.2. The van der Waals surface area contributed by atoms with E-state index in [1.54, 1.807) is 0 Å². The van der Waals surface area contributed by atoms with Gasteiger partial charge in [0.15, 0.2) is 16.8 Å². The molecule has 0 atom stereocenters. The molecule has 2 N–H and O–H groups in total. The summed E-state index contributed by atoms with van der Waals surface area (Å²) >= 11 is 6.21. The highest BCUT2D eigenvalue weighted by Crippen LogP contribution is 2.32. The number of nitrogens with zero attached hydrogens (tertiary/aromatic N) is 3. The van der Waals surface area contributed by atoms with Crippen molar-refractivity contribution in [1.29, 1.82) is 0 Å². The molecular weight excluding hydrogens is 284 g/mol. The molecular formula is C16H19ClN4. The largest absolute Gasteiger partial charge is 0.393 e. The second-order valence-corrected chi connectivity index (χ2v) is 5.97. The molecule has 0 radical (unpaired) electrons. The molecule has 2 heterocycles. The molecule has 3 rings (SSSR count). The predicted molar refractivity (Wildman–Crippen MR) is 87.5 cm³/mol. The van der Waals surface area contributed by atoms with Crippen LogP contribution in [0.5, 0.6) is 0 Å². The van der Waals surface area contributed by atoms with Gasteiger partial charge >= 0.3 is 0 Å². The fourth-order valence-electron chi connectivity index (χ4n) is 2.61. The number of benzene rings is 1. The predicted octanol–water partition coefficient (Wildman–Crippen LogP) is 3.62. The molecule has 0 amide bonds. The van der Waals surface area contributed by atoms with Crippen molar-refractivity contribution in [2.45, 2.75) is 19.8 Å². The van der Waals surface area contributed by atoms with Gasteiger partial charge in [0.25, 0.3) is 0 Å². The summed E-state index contributed by atoms with van der Waals surface area (Å²) in [5, 5.41) is 0.331. The zero-order chi connectivity index (χ0) is 14.8. The van der Waals surface area contributed by atoms with Crippen LogP contribution in [-0.4, -0.2) is 23.1 Å². The molecule has 2 aromatic rings. The zero-order valence-electron chi connectivity index (χ0n) is 12.1. The number of halogens is 1. The molecule has 0 unspecified atom stereocenters. The lowest BCUT2D eigenvalue weighted by Crippen LogP contribution is -2.34. The van der Waals surface area contributed by atoms with E-state index in [2.05, 4.69) is 21.8 Å². The van der Waals surface area contributed by atoms with Crippen molar-refractivity contribution >= 4 is 23.1 Å². The third-order valence-electron chi connectivity index (χ3n) is 3.99. The maximum absolute atomic E-state index is 6.21. The highest BCUT2D eigenvalue weighted by molar-refractivity contribution is 6.32. The van der Waals surface area contributed by atoms with Crippen LogP contribution in [0.1, 0.15) is 19.8 Å². The zero-order valence-corrected chi connectivity index (χ0v) is 12.8. The van der Waals surface area contributed by atoms with Crippen LogP contribution in [0.25, 0.3) is 11.4 Å². The first-order valence-corrected chi connectivity index (χ1v) is 7.66. The van der Waals surface area contributed by atoms with Crippen LogP contribution in [0.3, 0.4) is 0 Å². The topological polar surface area (TPSA) is 55.0 Å². The molecule has 5 heteroatoms. The van der Waals surface area contributed by atoms with Gasteiger partial charge in [0.2, 0.25) is 0 Å². The Bertz CT molecular complexity index is 622. The summed E-state index contributed by atoms with van der Waals surface area (Å²) in [5.74, 6) is 2.15. The number of hydrogen-bond acceptors (Lipinski definition) is 4. The quantitative estimate of drug-likeness (QED) is 0.861. The van der Waals surface area contributed by atoms with E-state index in [9.17, 15) is 0 Å². The molecule has 4 nitrogen and oxygen atoms in total. The second kappa shape index (κ2) is 5.90. The summed E-state index contributed by atoms with van der Waals surface area (Å²) in [4.78, 5) is 11.2. The highest BCUT2D eigenvalue weighted by Gasteiger charge is 2.21. The average molecular weight is 303 g/mol. The maximum atomic E-state index is 6.21. The van der Waals surface area contributed by atoms with E-state index in [1.807, 2.05) is 30.3 Å². The van der Waals surface area contributed by atoms with Gasteiger partial charge in [-0.15, -0.1) is 0 Å². The van der Waals surface area contributed by atoms with E-state index in [0.29, 0.717) is 16.7 Å². The van der Waals surface area contributed by atoms with Gasteiger partial charge in [-0.3, -0.25) is 0 Å². The first-order valence-electron chi connectivity index (χ1n) is 7.28. The van der Waals surface area contributed by atoms with Crippen LogP contribution in [0.2, 0.25) is 5.15 Å². The number of anilines is 2. The molecule has 0 saturated carbocycles. The van der Waals surface area contributed by atoms with Crippen molar-refractivity contribution in [1.82, 2.24) is 9.97 Å². The minimum Gasteiger partial charge on any atom is -0.393 e. The monoisotopic (exact) mass is 302 g/mol. The molecule has 1 fully saturated rings. The fraction of sp³-hybridized carbons (Fsp3) is 0.375. The summed E-state index contributed by atoms with van der Waals surface area (Å²) in [5.41, 5.74) is 7.52. The lowest BCUT2D eigenvalue weighted by Gasteiger charge is -2.32. The van der Waals surface area contributed by atoms with Crippen LogP contribution in [0.15, 0.2) is 30.3 Å². The Balaban J connectivity index is 1.98. The van der Waals surface area contributed by atoms with Crippen molar-refractivity contribution in [3.05, 3.63) is 35.5 Å². The van der Waals surface area contributed by atoms with Gasteiger partial charge in [-0.2, -0.15) is 0 Å². The van der Waals surface area contributed by atoms with Gasteiger partial charge in [-0.25, -0.2) is 9.97 Å². The lowest BCUT2D eigenvalue weighted by atomic mass is 9.99. The Morgan fingerprint density at radius 3 is 2.48 bits per heavy atom. The number of piperidine rings is 1. The Kier molecular flexibility index (Phi) is 3.97. The summed E-state index contributed by atoms with van der Waals surface area (Å²) in [7, 11) is 0. The second-order valence-electron chi connectivity index (χ2n) is 5.61. The van der Waals surface area contributed by atoms with E-state index < -0.39 is 0 Å². The Labute approximate surface area is 130 Å². The van der Waals surface area contributed by atoms with Crippen molar-refractivity contribution in [2.75, 3.05) is 23.7 Å². The van der Waals surface area contributed by atoms with Crippen molar-refractivity contribution in [3.63, 3.8) is 0 Å². The number of hydrogen-bond donors (Lipinski definition) is 1.